The molecule has 14 heavy (non-hydrogen) atoms. The van der Waals surface area contributed by atoms with Crippen LogP contribution < -0.4 is 5.32 Å². The standard InChI is InChI=1S/C10H15N3O/c1-2-7(1)10-13-12-9(14-10)5-6-11-8-3-4-8/h7-8,11H,1-6H2. The molecule has 4 nitrogen and oxygen atoms in total. The van der Waals surface area contributed by atoms with Gasteiger partial charge in [0, 0.05) is 24.9 Å². The van der Waals surface area contributed by atoms with Gasteiger partial charge in [-0.1, -0.05) is 0 Å². The molecule has 1 aromatic rings. The molecule has 0 bridgehead atoms. The summed E-state index contributed by atoms with van der Waals surface area (Å²) < 4.78 is 5.55. The molecule has 4 heteroatoms. The van der Waals surface area contributed by atoms with Gasteiger partial charge in [-0.3, -0.25) is 0 Å². The highest BCUT2D eigenvalue weighted by Crippen LogP contribution is 2.38. The van der Waals surface area contributed by atoms with Gasteiger partial charge in [0.1, 0.15) is 0 Å². The number of nitrogens with zero attached hydrogens (tertiary/aromatic N) is 2. The van der Waals surface area contributed by atoms with E-state index in [0.29, 0.717) is 5.92 Å². The topological polar surface area (TPSA) is 51.0 Å². The van der Waals surface area contributed by atoms with E-state index >= 15 is 0 Å². The molecule has 0 aliphatic heterocycles. The highest BCUT2D eigenvalue weighted by Gasteiger charge is 2.29. The molecule has 0 aromatic carbocycles. The molecule has 0 saturated heterocycles. The van der Waals surface area contributed by atoms with Crippen LogP contribution in [0.2, 0.25) is 0 Å². The van der Waals surface area contributed by atoms with Crippen molar-refractivity contribution < 1.29 is 4.42 Å². The summed E-state index contributed by atoms with van der Waals surface area (Å²) >= 11 is 0. The summed E-state index contributed by atoms with van der Waals surface area (Å²) in [5, 5.41) is 11.5. The number of aromatic nitrogens is 2. The normalized spacial score (nSPS) is 21.4. The second kappa shape index (κ2) is 3.35. The largest absolute Gasteiger partial charge is 0.425 e. The van der Waals surface area contributed by atoms with E-state index in [1.54, 1.807) is 0 Å². The Labute approximate surface area is 83.1 Å². The third-order valence-electron chi connectivity index (χ3n) is 2.76. The Morgan fingerprint density at radius 3 is 2.79 bits per heavy atom. The maximum Gasteiger partial charge on any atom is 0.219 e. The minimum Gasteiger partial charge on any atom is -0.425 e. The molecule has 2 fully saturated rings. The Balaban J connectivity index is 1.49. The molecule has 0 amide bonds. The van der Waals surface area contributed by atoms with Gasteiger partial charge in [0.25, 0.3) is 0 Å². The van der Waals surface area contributed by atoms with Crippen molar-refractivity contribution in [3.05, 3.63) is 11.8 Å². The van der Waals surface area contributed by atoms with Gasteiger partial charge >= 0.3 is 0 Å². The molecule has 1 aromatic heterocycles. The average molecular weight is 193 g/mol. The summed E-state index contributed by atoms with van der Waals surface area (Å²) in [5.41, 5.74) is 0. The average Bonchev–Trinajstić information content (AvgIpc) is 3.07. The molecule has 2 aliphatic rings. The summed E-state index contributed by atoms with van der Waals surface area (Å²) in [7, 11) is 0. The van der Waals surface area contributed by atoms with E-state index in [0.717, 1.165) is 30.8 Å². The van der Waals surface area contributed by atoms with Crippen LogP contribution in [-0.4, -0.2) is 22.8 Å². The maximum atomic E-state index is 5.55. The van der Waals surface area contributed by atoms with E-state index < -0.39 is 0 Å². The van der Waals surface area contributed by atoms with Crippen molar-refractivity contribution in [2.45, 2.75) is 44.1 Å². The highest BCUT2D eigenvalue weighted by molar-refractivity contribution is 5.00. The monoisotopic (exact) mass is 193 g/mol. The molecule has 76 valence electrons. The van der Waals surface area contributed by atoms with Gasteiger partial charge in [-0.25, -0.2) is 0 Å². The minimum atomic E-state index is 0.577. The quantitative estimate of drug-likeness (QED) is 0.764. The zero-order chi connectivity index (χ0) is 9.38. The van der Waals surface area contributed by atoms with Crippen LogP contribution in [0, 0.1) is 0 Å². The van der Waals surface area contributed by atoms with Crippen molar-refractivity contribution in [2.24, 2.45) is 0 Å². The van der Waals surface area contributed by atoms with E-state index in [2.05, 4.69) is 15.5 Å². The van der Waals surface area contributed by atoms with Crippen LogP contribution in [0.5, 0.6) is 0 Å². The lowest BCUT2D eigenvalue weighted by atomic mass is 10.4. The van der Waals surface area contributed by atoms with Crippen LogP contribution in [0.15, 0.2) is 4.42 Å². The van der Waals surface area contributed by atoms with Crippen LogP contribution in [0.1, 0.15) is 43.4 Å². The highest BCUT2D eigenvalue weighted by atomic mass is 16.4. The van der Waals surface area contributed by atoms with Crippen LogP contribution in [0.3, 0.4) is 0 Å². The van der Waals surface area contributed by atoms with Gasteiger partial charge in [0.05, 0.1) is 0 Å². The van der Waals surface area contributed by atoms with E-state index in [1.165, 1.54) is 25.7 Å². The second-order valence-corrected chi connectivity index (χ2v) is 4.29. The van der Waals surface area contributed by atoms with Crippen molar-refractivity contribution in [3.63, 3.8) is 0 Å². The Kier molecular flexibility index (Phi) is 2.01. The molecule has 0 spiro atoms. The van der Waals surface area contributed by atoms with Gasteiger partial charge in [0.2, 0.25) is 11.8 Å². The zero-order valence-corrected chi connectivity index (χ0v) is 8.20. The van der Waals surface area contributed by atoms with E-state index in [1.807, 2.05) is 0 Å². The van der Waals surface area contributed by atoms with Gasteiger partial charge in [-0.05, 0) is 25.7 Å². The van der Waals surface area contributed by atoms with E-state index in [4.69, 9.17) is 4.42 Å². The maximum absolute atomic E-state index is 5.55. The van der Waals surface area contributed by atoms with Crippen LogP contribution in [0.4, 0.5) is 0 Å². The predicted octanol–water partition coefficient (Wildman–Crippen LogP) is 1.24. The third kappa shape index (κ3) is 1.95. The van der Waals surface area contributed by atoms with Crippen molar-refractivity contribution >= 4 is 0 Å². The Morgan fingerprint density at radius 2 is 2.07 bits per heavy atom. The summed E-state index contributed by atoms with van der Waals surface area (Å²) in [6.45, 7) is 0.969. The number of rotatable bonds is 5. The predicted molar refractivity (Wildman–Crippen MR) is 51.0 cm³/mol. The molecule has 1 heterocycles. The number of hydrogen-bond acceptors (Lipinski definition) is 4. The molecule has 2 saturated carbocycles. The van der Waals surface area contributed by atoms with Crippen molar-refractivity contribution in [1.82, 2.24) is 15.5 Å². The summed E-state index contributed by atoms with van der Waals surface area (Å²) in [6.07, 6.45) is 5.98. The van der Waals surface area contributed by atoms with Crippen LogP contribution in [-0.2, 0) is 6.42 Å². The fraction of sp³-hybridized carbons (Fsp3) is 0.800. The Morgan fingerprint density at radius 1 is 1.21 bits per heavy atom. The number of nitrogens with one attached hydrogen (secondary N) is 1. The fourth-order valence-corrected chi connectivity index (χ4v) is 1.53. The van der Waals surface area contributed by atoms with Crippen LogP contribution >= 0.6 is 0 Å². The lowest BCUT2D eigenvalue weighted by molar-refractivity contribution is 0.445. The van der Waals surface area contributed by atoms with Crippen molar-refractivity contribution in [1.29, 1.82) is 0 Å². The second-order valence-electron chi connectivity index (χ2n) is 4.29. The molecular formula is C10H15N3O. The summed E-state index contributed by atoms with van der Waals surface area (Å²) in [4.78, 5) is 0. The van der Waals surface area contributed by atoms with Gasteiger partial charge in [-0.2, -0.15) is 0 Å². The van der Waals surface area contributed by atoms with Gasteiger partial charge < -0.3 is 9.73 Å². The molecule has 0 unspecified atom stereocenters. The first-order chi connectivity index (χ1) is 6.92. The van der Waals surface area contributed by atoms with Gasteiger partial charge in [-0.15, -0.1) is 10.2 Å². The number of hydrogen-bond donors (Lipinski definition) is 1. The lowest BCUT2D eigenvalue weighted by Crippen LogP contribution is -2.19. The van der Waals surface area contributed by atoms with E-state index in [-0.39, 0.29) is 0 Å². The van der Waals surface area contributed by atoms with Crippen molar-refractivity contribution in [3.8, 4) is 0 Å². The van der Waals surface area contributed by atoms with Crippen LogP contribution in [0.25, 0.3) is 0 Å². The Bertz CT molecular complexity index is 315. The molecule has 1 N–H and O–H groups in total. The third-order valence-corrected chi connectivity index (χ3v) is 2.76. The first-order valence-corrected chi connectivity index (χ1v) is 5.47. The molecule has 0 radical (unpaired) electrons. The molecule has 2 aliphatic carbocycles. The smallest absolute Gasteiger partial charge is 0.219 e. The SMILES string of the molecule is C(Cc1nnc(C2CC2)o1)NC1CC1. The first kappa shape index (κ1) is 8.41. The minimum absolute atomic E-state index is 0.577. The molecule has 3 rings (SSSR count). The molecular weight excluding hydrogens is 178 g/mol. The Hall–Kier alpha value is -0.900. The van der Waals surface area contributed by atoms with Gasteiger partial charge in [0.15, 0.2) is 0 Å². The van der Waals surface area contributed by atoms with Crippen molar-refractivity contribution in [2.75, 3.05) is 6.54 Å². The fourth-order valence-electron chi connectivity index (χ4n) is 1.53. The molecule has 0 atom stereocenters. The van der Waals surface area contributed by atoms with E-state index in [9.17, 15) is 0 Å². The zero-order valence-electron chi connectivity index (χ0n) is 8.20. The summed E-state index contributed by atoms with van der Waals surface area (Å²) in [6, 6.07) is 0.765. The lowest BCUT2D eigenvalue weighted by Gasteiger charge is -1.97. The first-order valence-electron chi connectivity index (χ1n) is 5.47. The summed E-state index contributed by atoms with van der Waals surface area (Å²) in [5.74, 6) is 2.22.